The Morgan fingerprint density at radius 1 is 1.50 bits per heavy atom. The molecular formula is C10H23NOSSn. The van der Waals surface area contributed by atoms with Crippen molar-refractivity contribution < 1.29 is 4.79 Å². The molecule has 0 aliphatic carbocycles. The van der Waals surface area contributed by atoms with Gasteiger partial charge in [0.15, 0.2) is 0 Å². The van der Waals surface area contributed by atoms with Gasteiger partial charge < -0.3 is 0 Å². The molecule has 0 saturated heterocycles. The van der Waals surface area contributed by atoms with Crippen molar-refractivity contribution >= 4 is 35.3 Å². The Kier molecular flexibility index (Phi) is 8.44. The number of hydrogen-bond acceptors (Lipinski definition) is 3. The van der Waals surface area contributed by atoms with E-state index in [-0.39, 0.29) is 0 Å². The van der Waals surface area contributed by atoms with E-state index < -0.39 is 18.4 Å². The van der Waals surface area contributed by atoms with Crippen LogP contribution in [0.15, 0.2) is 0 Å². The third-order valence-corrected chi connectivity index (χ3v) is 18.2. The summed E-state index contributed by atoms with van der Waals surface area (Å²) in [5, 5.41) is 0. The van der Waals surface area contributed by atoms with Crippen molar-refractivity contribution in [3.63, 3.8) is 0 Å². The molecule has 0 aromatic carbocycles. The molecule has 0 aromatic heterocycles. The SMILES string of the molecule is C[CH2][Sn]([CH]=O)([CH2]S)[CH2]CCCC(C)N. The number of carbonyl (C=O) groups is 1. The molecule has 2 atom stereocenters. The van der Waals surface area contributed by atoms with E-state index in [1.807, 2.05) is 6.92 Å². The van der Waals surface area contributed by atoms with E-state index in [0.717, 1.165) is 25.5 Å². The Morgan fingerprint density at radius 3 is 2.50 bits per heavy atom. The molecule has 4 heteroatoms. The monoisotopic (exact) mass is 325 g/mol. The normalized spacial score (nSPS) is 17.4. The molecule has 0 saturated carbocycles. The van der Waals surface area contributed by atoms with Gasteiger partial charge in [0.05, 0.1) is 0 Å². The zero-order valence-corrected chi connectivity index (χ0v) is 13.1. The van der Waals surface area contributed by atoms with Crippen LogP contribution in [0, 0.1) is 0 Å². The first kappa shape index (κ1) is 14.8. The van der Waals surface area contributed by atoms with Crippen LogP contribution >= 0.6 is 12.6 Å². The molecule has 2 unspecified atom stereocenters. The predicted molar refractivity (Wildman–Crippen MR) is 69.1 cm³/mol. The van der Waals surface area contributed by atoms with Crippen molar-refractivity contribution in [2.75, 3.05) is 3.77 Å². The Morgan fingerprint density at radius 2 is 2.14 bits per heavy atom. The fourth-order valence-electron chi connectivity index (χ4n) is 1.49. The Hall–Kier alpha value is 0.779. The molecule has 2 N–H and O–H groups in total. The summed E-state index contributed by atoms with van der Waals surface area (Å²) < 4.78 is 4.41. The molecule has 0 aliphatic heterocycles. The average molecular weight is 324 g/mol. The van der Waals surface area contributed by atoms with Crippen molar-refractivity contribution in [2.45, 2.75) is 48.0 Å². The summed E-state index contributed by atoms with van der Waals surface area (Å²) in [5.74, 6) is 0. The molecule has 0 heterocycles. The Balaban J connectivity index is 3.77. The van der Waals surface area contributed by atoms with E-state index in [1.165, 1.54) is 10.7 Å². The minimum atomic E-state index is -2.39. The van der Waals surface area contributed by atoms with Crippen LogP contribution in [0.3, 0.4) is 0 Å². The molecule has 0 fully saturated rings. The van der Waals surface area contributed by atoms with Crippen LogP contribution in [-0.4, -0.2) is 32.5 Å². The fourth-order valence-corrected chi connectivity index (χ4v) is 10.4. The fraction of sp³-hybridized carbons (Fsp3) is 0.900. The molecule has 14 heavy (non-hydrogen) atoms. The zero-order valence-electron chi connectivity index (χ0n) is 9.33. The van der Waals surface area contributed by atoms with Gasteiger partial charge in [0.25, 0.3) is 0 Å². The topological polar surface area (TPSA) is 43.1 Å². The van der Waals surface area contributed by atoms with Crippen molar-refractivity contribution in [3.8, 4) is 0 Å². The average Bonchev–Trinajstić information content (AvgIpc) is 2.19. The van der Waals surface area contributed by atoms with Crippen LogP contribution in [0.5, 0.6) is 0 Å². The van der Waals surface area contributed by atoms with Crippen molar-refractivity contribution in [2.24, 2.45) is 5.73 Å². The van der Waals surface area contributed by atoms with Crippen LogP contribution in [0.1, 0.15) is 33.1 Å². The van der Waals surface area contributed by atoms with Gasteiger partial charge in [-0.05, 0) is 0 Å². The molecule has 0 spiro atoms. The van der Waals surface area contributed by atoms with Crippen LogP contribution in [0.25, 0.3) is 0 Å². The second kappa shape index (κ2) is 7.99. The van der Waals surface area contributed by atoms with Gasteiger partial charge in [-0.1, -0.05) is 0 Å². The summed E-state index contributed by atoms with van der Waals surface area (Å²) in [6.07, 6.45) is 3.42. The van der Waals surface area contributed by atoms with Gasteiger partial charge in [-0.2, -0.15) is 0 Å². The summed E-state index contributed by atoms with van der Waals surface area (Å²) >= 11 is 1.95. The van der Waals surface area contributed by atoms with Crippen LogP contribution in [-0.2, 0) is 4.79 Å². The first-order valence-corrected chi connectivity index (χ1v) is 13.8. The summed E-state index contributed by atoms with van der Waals surface area (Å²) in [6.45, 7) is 4.18. The van der Waals surface area contributed by atoms with Crippen LogP contribution in [0.4, 0.5) is 0 Å². The van der Waals surface area contributed by atoms with E-state index >= 15 is 0 Å². The van der Waals surface area contributed by atoms with Crippen molar-refractivity contribution in [1.29, 1.82) is 0 Å². The molecule has 0 rings (SSSR count). The van der Waals surface area contributed by atoms with Gasteiger partial charge in [-0.3, -0.25) is 0 Å². The van der Waals surface area contributed by atoms with Gasteiger partial charge in [-0.15, -0.1) is 0 Å². The van der Waals surface area contributed by atoms with Crippen molar-refractivity contribution in [3.05, 3.63) is 0 Å². The number of unbranched alkanes of at least 4 members (excludes halogenated alkanes) is 1. The number of rotatable bonds is 8. The first-order chi connectivity index (χ1) is 6.60. The van der Waals surface area contributed by atoms with Crippen LogP contribution in [0.2, 0.25) is 8.87 Å². The van der Waals surface area contributed by atoms with E-state index in [2.05, 4.69) is 19.6 Å². The van der Waals surface area contributed by atoms with Gasteiger partial charge in [0.1, 0.15) is 0 Å². The first-order valence-electron chi connectivity index (χ1n) is 5.43. The second-order valence-corrected chi connectivity index (χ2v) is 19.1. The molecule has 0 amide bonds. The standard InChI is InChI=1S/C6H14N.C2H5.CHO.CH3S.Sn/c1-3-4-5-6(2)7;3*1-2;/h6H,1,3-5,7H2,2H3;1H2,2H3;1H;2H,1H2;. The van der Waals surface area contributed by atoms with E-state index in [0.29, 0.717) is 6.04 Å². The molecule has 0 bridgehead atoms. The third-order valence-electron chi connectivity index (χ3n) is 2.85. The quantitative estimate of drug-likeness (QED) is 0.311. The zero-order chi connectivity index (χ0) is 11.0. The van der Waals surface area contributed by atoms with E-state index in [1.54, 1.807) is 0 Å². The van der Waals surface area contributed by atoms with E-state index in [4.69, 9.17) is 5.73 Å². The number of thiol groups is 1. The molecular weight excluding hydrogens is 301 g/mol. The van der Waals surface area contributed by atoms with E-state index in [9.17, 15) is 4.79 Å². The molecule has 84 valence electrons. The molecule has 2 nitrogen and oxygen atoms in total. The maximum absolute atomic E-state index is 11.0. The number of carbonyl (C=O) groups excluding carboxylic acids is 1. The molecule has 0 radical (unpaired) electrons. The minimum absolute atomic E-state index is 0.299. The maximum atomic E-state index is 11.0. The third kappa shape index (κ3) is 5.61. The Bertz CT molecular complexity index is 160. The summed E-state index contributed by atoms with van der Waals surface area (Å²) in [7, 11) is 0. The summed E-state index contributed by atoms with van der Waals surface area (Å²) in [4.78, 5) is 11.0. The van der Waals surface area contributed by atoms with Gasteiger partial charge in [0, 0.05) is 0 Å². The van der Waals surface area contributed by atoms with Gasteiger partial charge in [-0.25, -0.2) is 0 Å². The molecule has 0 aromatic rings. The number of nitrogens with two attached hydrogens (primary N) is 1. The van der Waals surface area contributed by atoms with Gasteiger partial charge in [0.2, 0.25) is 0 Å². The predicted octanol–water partition coefficient (Wildman–Crippen LogP) is 2.21. The number of hydrogen-bond donors (Lipinski definition) is 2. The van der Waals surface area contributed by atoms with Gasteiger partial charge >= 0.3 is 97.6 Å². The Labute approximate surface area is 97.3 Å². The summed E-state index contributed by atoms with van der Waals surface area (Å²) in [5.41, 5.74) is 5.67. The summed E-state index contributed by atoms with van der Waals surface area (Å²) in [6, 6.07) is 0.299. The molecule has 0 aliphatic rings. The second-order valence-electron chi connectivity index (χ2n) is 4.21. The van der Waals surface area contributed by atoms with Crippen molar-refractivity contribution in [1.82, 2.24) is 0 Å². The van der Waals surface area contributed by atoms with Crippen LogP contribution < -0.4 is 5.73 Å².